The van der Waals surface area contributed by atoms with Crippen LogP contribution in [-0.4, -0.2) is 262 Å². The number of nitrogens with one attached hydrogen (secondary N) is 5. The lowest BCUT2D eigenvalue weighted by molar-refractivity contribution is -0.157. The first-order valence-electron chi connectivity index (χ1n) is 36.9. The molecule has 586 valence electrons. The van der Waals surface area contributed by atoms with Crippen molar-refractivity contribution in [3.8, 4) is 0 Å². The van der Waals surface area contributed by atoms with Gasteiger partial charge in [-0.3, -0.25) is 62.3 Å². The second-order valence-electron chi connectivity index (χ2n) is 31.3. The minimum Gasteiger partial charge on any atom is -0.469 e. The van der Waals surface area contributed by atoms with Gasteiger partial charge in [0.05, 0.1) is 13.2 Å². The molecule has 6 N–H and O–H groups in total. The lowest BCUT2D eigenvalue weighted by Crippen LogP contribution is -2.64. The van der Waals surface area contributed by atoms with Crippen LogP contribution in [-0.2, 0) is 67.1 Å². The smallest absolute Gasteiger partial charge is 0.305 e. The Labute approximate surface area is 615 Å². The number of hydrogen-bond donors (Lipinski definition) is 6. The number of methoxy groups -OCH3 is 1. The molecule has 0 bridgehead atoms. The molecule has 1 fully saturated rings. The first-order valence-corrected chi connectivity index (χ1v) is 37.8. The molecule has 27 nitrogen and oxygen atoms in total. The fourth-order valence-electron chi connectivity index (χ4n) is 12.8. The highest BCUT2D eigenvalue weighted by atomic mass is 32.2. The van der Waals surface area contributed by atoms with Gasteiger partial charge in [0, 0.05) is 79.7 Å². The van der Waals surface area contributed by atoms with E-state index in [4.69, 9.17) is 4.74 Å². The van der Waals surface area contributed by atoms with Crippen molar-refractivity contribution < 1.29 is 72.2 Å². The summed E-state index contributed by atoms with van der Waals surface area (Å²) in [6.07, 6.45) is 2.35. The van der Waals surface area contributed by atoms with E-state index < -0.39 is 166 Å². The molecular weight excluding hydrogens is 1330 g/mol. The molecule has 0 aliphatic carbocycles. The number of ether oxygens (including phenoxy) is 1. The minimum atomic E-state index is -1.69. The third-order valence-corrected chi connectivity index (χ3v) is 20.9. The first-order chi connectivity index (χ1) is 47.1. The van der Waals surface area contributed by atoms with Crippen LogP contribution in [0.1, 0.15) is 209 Å². The predicted octanol–water partition coefficient (Wildman–Crippen LogP) is 5.22. The summed E-state index contributed by atoms with van der Waals surface area (Å²) in [7, 11) is 11.2. The Morgan fingerprint density at radius 2 is 0.922 bits per heavy atom. The van der Waals surface area contributed by atoms with E-state index in [1.807, 2.05) is 69.2 Å². The van der Waals surface area contributed by atoms with E-state index >= 15 is 33.6 Å². The Bertz CT molecular complexity index is 2800. The number of nitrogens with zero attached hydrogens (tertiary/aromatic N) is 7. The van der Waals surface area contributed by atoms with Crippen molar-refractivity contribution in [1.82, 2.24) is 60.9 Å². The molecule has 13 atom stereocenters. The average molecular weight is 1460 g/mol. The number of likely N-dealkylation sites (N-methyl/N-ethyl adjacent to an activating group) is 7. The zero-order valence-corrected chi connectivity index (χ0v) is 67.9. The molecule has 0 unspecified atom stereocenters. The monoisotopic (exact) mass is 1460 g/mol. The van der Waals surface area contributed by atoms with Gasteiger partial charge in [0.25, 0.3) is 0 Å². The number of unbranched alkanes of at least 4 members (excludes halogenated alkanes) is 3. The summed E-state index contributed by atoms with van der Waals surface area (Å²) < 4.78 is 4.24. The van der Waals surface area contributed by atoms with Crippen molar-refractivity contribution in [2.45, 2.75) is 286 Å². The Morgan fingerprint density at radius 1 is 0.500 bits per heavy atom. The Kier molecular flexibility index (Phi) is 40.0. The van der Waals surface area contributed by atoms with Gasteiger partial charge in [-0.05, 0) is 107 Å². The largest absolute Gasteiger partial charge is 0.469 e. The van der Waals surface area contributed by atoms with Crippen LogP contribution in [0, 0.1) is 41.4 Å². The van der Waals surface area contributed by atoms with Gasteiger partial charge in [0.1, 0.15) is 66.5 Å². The average Bonchev–Trinajstić information content (AvgIpc) is 0.803. The quantitative estimate of drug-likeness (QED) is 0.0477. The Balaban J connectivity index is 4.63. The van der Waals surface area contributed by atoms with Crippen molar-refractivity contribution in [2.24, 2.45) is 41.4 Å². The van der Waals surface area contributed by atoms with Crippen molar-refractivity contribution in [2.75, 3.05) is 68.7 Å². The number of amides is 12. The number of carbonyl (C=O) groups is 13. The maximum absolute atomic E-state index is 15.6. The number of rotatable bonds is 26. The molecule has 1 saturated heterocycles. The van der Waals surface area contributed by atoms with Crippen LogP contribution < -0.4 is 26.6 Å². The molecule has 0 radical (unpaired) electrons. The maximum Gasteiger partial charge on any atom is 0.305 e. The molecule has 0 spiro atoms. The summed E-state index contributed by atoms with van der Waals surface area (Å²) in [5.74, 6) is -11.1. The number of esters is 1. The first kappa shape index (κ1) is 93.4. The summed E-state index contributed by atoms with van der Waals surface area (Å²) in [6, 6.07) is -14.3. The van der Waals surface area contributed by atoms with E-state index in [9.17, 15) is 33.9 Å². The topological polar surface area (TPSA) is 334 Å². The van der Waals surface area contributed by atoms with Crippen LogP contribution in [0.25, 0.3) is 0 Å². The van der Waals surface area contributed by atoms with Gasteiger partial charge in [-0.1, -0.05) is 130 Å². The molecule has 12 amide bonds. The molecule has 102 heavy (non-hydrogen) atoms. The number of carbonyl (C=O) groups excluding carboxylic acids is 13. The van der Waals surface area contributed by atoms with E-state index in [1.165, 1.54) is 118 Å². The molecule has 0 aromatic rings. The fraction of sp³-hybridized carbons (Fsp3) is 0.824. The summed E-state index contributed by atoms with van der Waals surface area (Å²) in [4.78, 5) is 198. The van der Waals surface area contributed by atoms with Gasteiger partial charge in [0.2, 0.25) is 70.9 Å². The molecular formula is C74H134N12O15S. The van der Waals surface area contributed by atoms with E-state index in [2.05, 4.69) is 26.6 Å². The normalized spacial score (nSPS) is 25.1. The highest BCUT2D eigenvalue weighted by molar-refractivity contribution is 8.00. The lowest BCUT2D eigenvalue weighted by atomic mass is 9.90. The van der Waals surface area contributed by atoms with Gasteiger partial charge < -0.3 is 70.7 Å². The van der Waals surface area contributed by atoms with Gasteiger partial charge in [-0.2, -0.15) is 11.8 Å². The second kappa shape index (κ2) is 43.6. The third kappa shape index (κ3) is 28.5. The number of thioether (sulfide) groups is 1. The van der Waals surface area contributed by atoms with E-state index in [0.29, 0.717) is 38.6 Å². The summed E-state index contributed by atoms with van der Waals surface area (Å²) in [5.41, 5.74) is 0. The highest BCUT2D eigenvalue weighted by Gasteiger charge is 2.47. The predicted molar refractivity (Wildman–Crippen MR) is 397 cm³/mol. The third-order valence-electron chi connectivity index (χ3n) is 19.4. The minimum absolute atomic E-state index is 0.0396. The van der Waals surface area contributed by atoms with Crippen molar-refractivity contribution in [1.29, 1.82) is 0 Å². The lowest BCUT2D eigenvalue weighted by Gasteiger charge is -2.42. The van der Waals surface area contributed by atoms with Gasteiger partial charge in [-0.15, -0.1) is 0 Å². The molecule has 28 heteroatoms. The van der Waals surface area contributed by atoms with Crippen LogP contribution in [0.4, 0.5) is 0 Å². The second-order valence-corrected chi connectivity index (χ2v) is 33.1. The highest BCUT2D eigenvalue weighted by Crippen LogP contribution is 2.33. The van der Waals surface area contributed by atoms with Crippen LogP contribution in [0.3, 0.4) is 0 Å². The van der Waals surface area contributed by atoms with Crippen LogP contribution in [0.2, 0.25) is 0 Å². The van der Waals surface area contributed by atoms with Crippen LogP contribution in [0.5, 0.6) is 0 Å². The SMILES string of the molecule is CC[C@H]1NC(=O)[C@H]([C@H](O)[C@H](C)CCCCCCNC(C)=O)N(C)C(=O)[C@@H](C(C)C)N(C)C(=O)[C@@H](CC(C)C)N(C)C(=O)[C@H](CC(C)C)N(C)C(=O)[C@H](C)NC(=O)[C@@H](C)NC(=O)[C@@H](CC(C)C)N(C)C(=O)[C@@H](C(C)C)NC(=O)[C@H](CC(C)C)N(C)C(=O)[C@@H](CSC(C)(C)CCC(=O)OC)N(C)C1=O. The Hall–Kier alpha value is -6.58. The summed E-state index contributed by atoms with van der Waals surface area (Å²) in [6.45, 7) is 33.7. The van der Waals surface area contributed by atoms with Gasteiger partial charge in [-0.25, -0.2) is 0 Å². The van der Waals surface area contributed by atoms with Gasteiger partial charge >= 0.3 is 5.97 Å². The van der Waals surface area contributed by atoms with E-state index in [-0.39, 0.29) is 73.9 Å². The van der Waals surface area contributed by atoms with E-state index in [0.717, 1.165) is 11.3 Å². The fourth-order valence-corrected chi connectivity index (χ4v) is 14.0. The summed E-state index contributed by atoms with van der Waals surface area (Å²) >= 11 is 1.29. The standard InChI is InChI=1S/C74H134N12O15S/c1-28-52-68(95)84(24)57(41-102-74(18,19)35-34-58(88)101-27)71(98)80(20)54(38-43(4)5)65(92)79-59(46(10)11)72(99)81(21)53(37-42(2)3)64(91)76-49(15)63(90)77-50(16)67(94)82(22)55(39-44(6)7)69(96)83(23)56(40-45(8)9)70(97)85(25)60(47(12)13)73(100)86(26)61(66(93)78-52)62(89)48(14)33-31-29-30-32-36-75-51(17)87/h42-50,52-57,59-62,89H,28-41H2,1-27H3,(H,75,87)(H,76,91)(H,77,90)(H,78,93)(H,79,92)/t48-,49-,50+,52-,53-,54+,55+,56-,57-,59-,60-,61+,62-/m1/s1. The van der Waals surface area contributed by atoms with E-state index in [1.54, 1.807) is 41.5 Å². The molecule has 1 rings (SSSR count). The molecule has 1 aliphatic rings. The Morgan fingerprint density at radius 3 is 1.39 bits per heavy atom. The molecule has 0 saturated carbocycles. The molecule has 0 aromatic carbocycles. The molecule has 1 aliphatic heterocycles. The number of hydrogen-bond acceptors (Lipinski definition) is 16. The van der Waals surface area contributed by atoms with Gasteiger partial charge in [0.15, 0.2) is 0 Å². The number of aliphatic hydroxyl groups excluding tert-OH is 1. The van der Waals surface area contributed by atoms with Crippen molar-refractivity contribution in [3.63, 3.8) is 0 Å². The molecule has 1 heterocycles. The molecule has 0 aromatic heterocycles. The maximum atomic E-state index is 15.6. The summed E-state index contributed by atoms with van der Waals surface area (Å²) in [5, 5.41) is 26.6. The van der Waals surface area contributed by atoms with Crippen molar-refractivity contribution >= 4 is 88.6 Å². The number of aliphatic hydroxyl groups is 1. The zero-order valence-electron chi connectivity index (χ0n) is 67.1. The van der Waals surface area contributed by atoms with Crippen molar-refractivity contribution in [3.05, 3.63) is 0 Å². The zero-order chi connectivity index (χ0) is 78.9. The van der Waals surface area contributed by atoms with Crippen LogP contribution in [0.15, 0.2) is 0 Å². The van der Waals surface area contributed by atoms with Crippen LogP contribution >= 0.6 is 11.8 Å².